The number of thiol groups is 1. The first kappa shape index (κ1) is 7.40. The van der Waals surface area contributed by atoms with E-state index in [-0.39, 0.29) is 5.91 Å². The summed E-state index contributed by atoms with van der Waals surface area (Å²) in [6.45, 7) is 0. The maximum absolute atomic E-state index is 10.6. The van der Waals surface area contributed by atoms with Crippen LogP contribution in [-0.2, 0) is 13.8 Å². The molecule has 0 aromatic heterocycles. The highest BCUT2D eigenvalue weighted by molar-refractivity contribution is 7.75. The Morgan fingerprint density at radius 2 is 2.50 bits per heavy atom. The third-order valence-corrected chi connectivity index (χ3v) is 1.55. The fraction of sp³-hybridized carbons (Fsp3) is 0.600. The Bertz CT molecular complexity index is 170. The van der Waals surface area contributed by atoms with Crippen LogP contribution in [0.4, 0.5) is 0 Å². The van der Waals surface area contributed by atoms with E-state index in [1.165, 1.54) is 0 Å². The monoisotopic (exact) mass is 161 g/mol. The van der Waals surface area contributed by atoms with Crippen molar-refractivity contribution < 1.29 is 13.8 Å². The fourth-order valence-corrected chi connectivity index (χ4v) is 0.982. The van der Waals surface area contributed by atoms with Crippen molar-refractivity contribution in [1.82, 2.24) is 5.32 Å². The van der Waals surface area contributed by atoms with Crippen molar-refractivity contribution in [2.45, 2.75) is 18.9 Å². The van der Waals surface area contributed by atoms with Crippen LogP contribution < -0.4 is 5.32 Å². The molecule has 0 aromatic rings. The zero-order valence-electron chi connectivity index (χ0n) is 5.16. The smallest absolute Gasteiger partial charge is 0.340 e. The Balaban J connectivity index is 2.44. The molecule has 0 saturated carbocycles. The van der Waals surface area contributed by atoms with E-state index in [9.17, 15) is 9.59 Å². The molecule has 56 valence electrons. The Morgan fingerprint density at radius 1 is 1.80 bits per heavy atom. The number of carbonyl (C=O) groups excluding carboxylic acids is 2. The number of nitrogens with one attached hydrogen (secondary N) is 1. The second-order valence-corrected chi connectivity index (χ2v) is 2.25. The second kappa shape index (κ2) is 2.92. The predicted molar refractivity (Wildman–Crippen MR) is 36.2 cm³/mol. The first-order chi connectivity index (χ1) is 4.74. The zero-order chi connectivity index (χ0) is 7.56. The summed E-state index contributed by atoms with van der Waals surface area (Å²) < 4.78 is 4.12. The third-order valence-electron chi connectivity index (χ3n) is 1.37. The summed E-state index contributed by atoms with van der Waals surface area (Å²) in [5, 5.41) is 2.44. The van der Waals surface area contributed by atoms with E-state index in [0.29, 0.717) is 12.8 Å². The number of rotatable bonds is 1. The molecule has 5 heteroatoms. The molecule has 1 amide bonds. The molecule has 1 fully saturated rings. The quantitative estimate of drug-likeness (QED) is 0.408. The summed E-state index contributed by atoms with van der Waals surface area (Å²) in [6, 6.07) is -0.481. The van der Waals surface area contributed by atoms with Crippen molar-refractivity contribution in [3.05, 3.63) is 0 Å². The molecule has 1 rings (SSSR count). The first-order valence-electron chi connectivity index (χ1n) is 2.88. The van der Waals surface area contributed by atoms with Crippen molar-refractivity contribution >= 4 is 24.8 Å². The molecule has 4 nitrogen and oxygen atoms in total. The summed E-state index contributed by atoms with van der Waals surface area (Å²) in [4.78, 5) is 21.2. The van der Waals surface area contributed by atoms with Crippen LogP contribution in [0.25, 0.3) is 0 Å². The van der Waals surface area contributed by atoms with Gasteiger partial charge in [0.15, 0.2) is 0 Å². The standard InChI is InChI=1S/C5H7NO3S/c7-4-2-1-3(6-4)5(8)9-10/h3,10H,1-2H2,(H,6,7)/t3-/m0/s1. The lowest BCUT2D eigenvalue weighted by Gasteiger charge is -2.03. The average molecular weight is 161 g/mol. The van der Waals surface area contributed by atoms with E-state index in [4.69, 9.17) is 0 Å². The summed E-state index contributed by atoms with van der Waals surface area (Å²) >= 11 is 3.32. The molecule has 0 radical (unpaired) electrons. The maximum Gasteiger partial charge on any atom is 0.340 e. The van der Waals surface area contributed by atoms with Crippen LogP contribution in [-0.4, -0.2) is 17.9 Å². The van der Waals surface area contributed by atoms with Crippen molar-refractivity contribution in [3.8, 4) is 0 Å². The molecule has 10 heavy (non-hydrogen) atoms. The number of amides is 1. The van der Waals surface area contributed by atoms with Gasteiger partial charge in [-0.25, -0.2) is 4.79 Å². The molecule has 1 N–H and O–H groups in total. The van der Waals surface area contributed by atoms with Gasteiger partial charge in [0, 0.05) is 19.3 Å². The van der Waals surface area contributed by atoms with E-state index in [0.717, 1.165) is 0 Å². The highest BCUT2D eigenvalue weighted by atomic mass is 32.1. The summed E-state index contributed by atoms with van der Waals surface area (Å²) in [7, 11) is 0. The molecule has 0 aromatic carbocycles. The second-order valence-electron chi connectivity index (χ2n) is 2.07. The molecule has 0 aliphatic carbocycles. The molecule has 0 unspecified atom stereocenters. The summed E-state index contributed by atoms with van der Waals surface area (Å²) in [5.41, 5.74) is 0. The lowest BCUT2D eigenvalue weighted by atomic mass is 10.2. The zero-order valence-corrected chi connectivity index (χ0v) is 6.06. The maximum atomic E-state index is 10.6. The highest BCUT2D eigenvalue weighted by Gasteiger charge is 2.27. The molecule has 0 bridgehead atoms. The Labute approximate surface area is 63.5 Å². The van der Waals surface area contributed by atoms with Gasteiger partial charge in [0.25, 0.3) is 0 Å². The molecule has 1 aliphatic rings. The van der Waals surface area contributed by atoms with Crippen molar-refractivity contribution in [1.29, 1.82) is 0 Å². The van der Waals surface area contributed by atoms with Crippen LogP contribution in [0.2, 0.25) is 0 Å². The topological polar surface area (TPSA) is 55.4 Å². The SMILES string of the molecule is O=C1CC[C@@H](C(=O)OS)N1. The molecule has 1 atom stereocenters. The van der Waals surface area contributed by atoms with Crippen LogP contribution in [0, 0.1) is 0 Å². The van der Waals surface area contributed by atoms with Crippen LogP contribution in [0.1, 0.15) is 12.8 Å². The van der Waals surface area contributed by atoms with Gasteiger partial charge in [-0.3, -0.25) is 4.79 Å². The van der Waals surface area contributed by atoms with Crippen LogP contribution in [0.5, 0.6) is 0 Å². The summed E-state index contributed by atoms with van der Waals surface area (Å²) in [6.07, 6.45) is 0.909. The summed E-state index contributed by atoms with van der Waals surface area (Å²) in [5.74, 6) is -0.599. The largest absolute Gasteiger partial charge is 0.393 e. The minimum Gasteiger partial charge on any atom is -0.393 e. The molecular formula is C5H7NO3S. The van der Waals surface area contributed by atoms with E-state index in [1.807, 2.05) is 0 Å². The lowest BCUT2D eigenvalue weighted by molar-refractivity contribution is -0.136. The van der Waals surface area contributed by atoms with Gasteiger partial charge in [0.05, 0.1) is 0 Å². The van der Waals surface area contributed by atoms with Gasteiger partial charge in [-0.1, -0.05) is 0 Å². The predicted octanol–water partition coefficient (Wildman–Crippen LogP) is -0.347. The first-order valence-corrected chi connectivity index (χ1v) is 3.25. The normalized spacial score (nSPS) is 24.1. The van der Waals surface area contributed by atoms with Crippen molar-refractivity contribution in [3.63, 3.8) is 0 Å². The van der Waals surface area contributed by atoms with Gasteiger partial charge in [0.2, 0.25) is 5.91 Å². The van der Waals surface area contributed by atoms with Crippen LogP contribution in [0.3, 0.4) is 0 Å². The number of hydrogen-bond acceptors (Lipinski definition) is 4. The van der Waals surface area contributed by atoms with Crippen molar-refractivity contribution in [2.75, 3.05) is 0 Å². The van der Waals surface area contributed by atoms with Gasteiger partial charge in [-0.15, -0.1) is 0 Å². The van der Waals surface area contributed by atoms with Crippen LogP contribution in [0.15, 0.2) is 0 Å². The van der Waals surface area contributed by atoms with E-state index >= 15 is 0 Å². The van der Waals surface area contributed by atoms with Gasteiger partial charge in [0.1, 0.15) is 6.04 Å². The van der Waals surface area contributed by atoms with Crippen LogP contribution >= 0.6 is 12.9 Å². The molecular weight excluding hydrogens is 154 g/mol. The number of carbonyl (C=O) groups is 2. The highest BCUT2D eigenvalue weighted by Crippen LogP contribution is 2.08. The van der Waals surface area contributed by atoms with Gasteiger partial charge >= 0.3 is 5.97 Å². The Hall–Kier alpha value is -0.710. The van der Waals surface area contributed by atoms with E-state index in [2.05, 4.69) is 22.4 Å². The minimum atomic E-state index is -0.491. The van der Waals surface area contributed by atoms with Gasteiger partial charge < -0.3 is 9.50 Å². The van der Waals surface area contributed by atoms with E-state index in [1.54, 1.807) is 0 Å². The minimum absolute atomic E-state index is 0.108. The third kappa shape index (κ3) is 1.41. The Kier molecular flexibility index (Phi) is 2.16. The molecule has 1 saturated heterocycles. The van der Waals surface area contributed by atoms with Gasteiger partial charge in [-0.2, -0.15) is 0 Å². The number of hydrogen-bond donors (Lipinski definition) is 2. The fourth-order valence-electron chi connectivity index (χ4n) is 0.854. The molecule has 0 spiro atoms. The molecule has 1 aliphatic heterocycles. The Morgan fingerprint density at radius 3 is 2.90 bits per heavy atom. The van der Waals surface area contributed by atoms with E-state index < -0.39 is 12.0 Å². The van der Waals surface area contributed by atoms with Gasteiger partial charge in [-0.05, 0) is 6.42 Å². The van der Waals surface area contributed by atoms with Crippen molar-refractivity contribution in [2.24, 2.45) is 0 Å². The molecule has 1 heterocycles. The lowest BCUT2D eigenvalue weighted by Crippen LogP contribution is -2.33. The average Bonchev–Trinajstić information content (AvgIpc) is 2.34.